The van der Waals surface area contributed by atoms with E-state index >= 15 is 0 Å². The summed E-state index contributed by atoms with van der Waals surface area (Å²) in [6.45, 7) is 4.80. The number of aryl methyl sites for hydroxylation is 1. The number of ether oxygens (including phenoxy) is 1. The summed E-state index contributed by atoms with van der Waals surface area (Å²) in [4.78, 5) is 0. The van der Waals surface area contributed by atoms with Crippen molar-refractivity contribution in [1.82, 2.24) is 0 Å². The van der Waals surface area contributed by atoms with Gasteiger partial charge in [0, 0.05) is 0 Å². The van der Waals surface area contributed by atoms with E-state index in [0.29, 0.717) is 18.3 Å². The molecular formula is C17H23FO. The molecule has 19 heavy (non-hydrogen) atoms. The molecule has 1 atom stereocenters. The molecule has 0 saturated heterocycles. The predicted molar refractivity (Wildman–Crippen MR) is 77.0 cm³/mol. The molecule has 2 heteroatoms. The van der Waals surface area contributed by atoms with Gasteiger partial charge in [0.25, 0.3) is 0 Å². The fourth-order valence-electron chi connectivity index (χ4n) is 2.58. The number of benzene rings is 1. The Morgan fingerprint density at radius 2 is 2.16 bits per heavy atom. The summed E-state index contributed by atoms with van der Waals surface area (Å²) < 4.78 is 19.3. The quantitative estimate of drug-likeness (QED) is 0.691. The van der Waals surface area contributed by atoms with E-state index in [0.717, 1.165) is 31.2 Å². The van der Waals surface area contributed by atoms with Gasteiger partial charge in [-0.1, -0.05) is 24.6 Å². The van der Waals surface area contributed by atoms with E-state index in [1.807, 2.05) is 6.92 Å². The second kappa shape index (κ2) is 6.74. The summed E-state index contributed by atoms with van der Waals surface area (Å²) in [5.41, 5.74) is 2.59. The molecule has 0 bridgehead atoms. The van der Waals surface area contributed by atoms with Crippen LogP contribution in [0, 0.1) is 18.7 Å². The molecule has 0 amide bonds. The van der Waals surface area contributed by atoms with Crippen molar-refractivity contribution in [2.75, 3.05) is 6.61 Å². The highest BCUT2D eigenvalue weighted by Crippen LogP contribution is 2.26. The molecule has 1 nitrogen and oxygen atoms in total. The Bertz CT molecular complexity index is 451. The van der Waals surface area contributed by atoms with E-state index in [1.54, 1.807) is 17.7 Å². The minimum atomic E-state index is -0.258. The SMILES string of the molecule is CCC1=CCCC(COc2cc(C)ccc2F)CC1. The number of hydrogen-bond acceptors (Lipinski definition) is 1. The minimum Gasteiger partial charge on any atom is -0.490 e. The van der Waals surface area contributed by atoms with Crippen molar-refractivity contribution in [1.29, 1.82) is 0 Å². The largest absolute Gasteiger partial charge is 0.490 e. The van der Waals surface area contributed by atoms with E-state index in [1.165, 1.54) is 12.5 Å². The van der Waals surface area contributed by atoms with Crippen molar-refractivity contribution in [2.24, 2.45) is 5.92 Å². The molecule has 0 spiro atoms. The summed E-state index contributed by atoms with van der Waals surface area (Å²) in [5.74, 6) is 0.680. The van der Waals surface area contributed by atoms with Gasteiger partial charge in [0.2, 0.25) is 0 Å². The van der Waals surface area contributed by atoms with Crippen LogP contribution in [-0.2, 0) is 0 Å². The molecule has 104 valence electrons. The van der Waals surface area contributed by atoms with Gasteiger partial charge >= 0.3 is 0 Å². The Kier molecular flexibility index (Phi) is 5.00. The molecule has 0 fully saturated rings. The summed E-state index contributed by atoms with van der Waals surface area (Å²) >= 11 is 0. The van der Waals surface area contributed by atoms with E-state index < -0.39 is 0 Å². The molecule has 1 aliphatic carbocycles. The number of hydrogen-bond donors (Lipinski definition) is 0. The average molecular weight is 262 g/mol. The van der Waals surface area contributed by atoms with E-state index in [-0.39, 0.29) is 5.82 Å². The number of rotatable bonds is 4. The average Bonchev–Trinajstić information content (AvgIpc) is 2.65. The first-order valence-corrected chi connectivity index (χ1v) is 7.26. The fourth-order valence-corrected chi connectivity index (χ4v) is 2.58. The topological polar surface area (TPSA) is 9.23 Å². The molecule has 1 aliphatic rings. The van der Waals surface area contributed by atoms with Gasteiger partial charge in [-0.05, 0) is 62.6 Å². The van der Waals surface area contributed by atoms with Gasteiger partial charge in [0.1, 0.15) is 0 Å². The Hall–Kier alpha value is -1.31. The van der Waals surface area contributed by atoms with Crippen LogP contribution in [-0.4, -0.2) is 6.61 Å². The van der Waals surface area contributed by atoms with Crippen molar-refractivity contribution < 1.29 is 9.13 Å². The molecule has 2 rings (SSSR count). The summed E-state index contributed by atoms with van der Waals surface area (Å²) in [6, 6.07) is 5.03. The molecular weight excluding hydrogens is 239 g/mol. The van der Waals surface area contributed by atoms with Crippen molar-refractivity contribution in [3.05, 3.63) is 41.2 Å². The predicted octanol–water partition coefficient (Wildman–Crippen LogP) is 5.04. The van der Waals surface area contributed by atoms with Gasteiger partial charge in [0.05, 0.1) is 6.61 Å². The van der Waals surface area contributed by atoms with E-state index in [9.17, 15) is 4.39 Å². The Balaban J connectivity index is 1.87. The lowest BCUT2D eigenvalue weighted by Crippen LogP contribution is -2.12. The Morgan fingerprint density at radius 3 is 2.95 bits per heavy atom. The molecule has 1 aromatic rings. The molecule has 0 aliphatic heterocycles. The van der Waals surface area contributed by atoms with Crippen LogP contribution in [0.3, 0.4) is 0 Å². The third-order valence-electron chi connectivity index (χ3n) is 3.90. The van der Waals surface area contributed by atoms with Crippen molar-refractivity contribution in [3.63, 3.8) is 0 Å². The third kappa shape index (κ3) is 4.09. The fraction of sp³-hybridized carbons (Fsp3) is 0.529. The number of allylic oxidation sites excluding steroid dienone is 2. The van der Waals surface area contributed by atoms with Crippen LogP contribution >= 0.6 is 0 Å². The lowest BCUT2D eigenvalue weighted by atomic mass is 10.00. The third-order valence-corrected chi connectivity index (χ3v) is 3.90. The monoisotopic (exact) mass is 262 g/mol. The lowest BCUT2D eigenvalue weighted by molar-refractivity contribution is 0.226. The maximum absolute atomic E-state index is 13.6. The van der Waals surface area contributed by atoms with Gasteiger partial charge in [-0.3, -0.25) is 0 Å². The summed E-state index contributed by atoms with van der Waals surface area (Å²) in [7, 11) is 0. The van der Waals surface area contributed by atoms with Crippen LogP contribution in [0.1, 0.15) is 44.6 Å². The van der Waals surface area contributed by atoms with Crippen molar-refractivity contribution in [2.45, 2.75) is 46.0 Å². The zero-order valence-corrected chi connectivity index (χ0v) is 11.9. The molecule has 0 aromatic heterocycles. The van der Waals surface area contributed by atoms with Crippen molar-refractivity contribution >= 4 is 0 Å². The summed E-state index contributed by atoms with van der Waals surface area (Å²) in [5, 5.41) is 0. The Labute approximate surface area is 115 Å². The van der Waals surface area contributed by atoms with Gasteiger partial charge in [0.15, 0.2) is 11.6 Å². The number of halogens is 1. The molecule has 0 N–H and O–H groups in total. The van der Waals surface area contributed by atoms with Crippen LogP contribution in [0.2, 0.25) is 0 Å². The zero-order chi connectivity index (χ0) is 13.7. The van der Waals surface area contributed by atoms with Gasteiger partial charge in [-0.25, -0.2) is 4.39 Å². The van der Waals surface area contributed by atoms with Crippen LogP contribution < -0.4 is 4.74 Å². The molecule has 1 aromatic carbocycles. The highest BCUT2D eigenvalue weighted by Gasteiger charge is 2.14. The molecule has 0 saturated carbocycles. The first kappa shape index (κ1) is 14.1. The highest BCUT2D eigenvalue weighted by atomic mass is 19.1. The van der Waals surface area contributed by atoms with Crippen LogP contribution in [0.4, 0.5) is 4.39 Å². The molecule has 1 unspecified atom stereocenters. The minimum absolute atomic E-state index is 0.258. The molecule has 0 heterocycles. The highest BCUT2D eigenvalue weighted by molar-refractivity contribution is 5.29. The van der Waals surface area contributed by atoms with Crippen LogP contribution in [0.15, 0.2) is 29.8 Å². The second-order valence-corrected chi connectivity index (χ2v) is 5.44. The molecule has 0 radical (unpaired) electrons. The first-order chi connectivity index (χ1) is 9.19. The second-order valence-electron chi connectivity index (χ2n) is 5.44. The Morgan fingerprint density at radius 1 is 1.32 bits per heavy atom. The van der Waals surface area contributed by atoms with Gasteiger partial charge in [-0.15, -0.1) is 0 Å². The smallest absolute Gasteiger partial charge is 0.165 e. The van der Waals surface area contributed by atoms with Crippen LogP contribution in [0.5, 0.6) is 5.75 Å². The summed E-state index contributed by atoms with van der Waals surface area (Å²) in [6.07, 6.45) is 8.13. The van der Waals surface area contributed by atoms with E-state index in [4.69, 9.17) is 4.74 Å². The zero-order valence-electron chi connectivity index (χ0n) is 11.9. The lowest BCUT2D eigenvalue weighted by Gasteiger charge is -2.16. The van der Waals surface area contributed by atoms with Crippen LogP contribution in [0.25, 0.3) is 0 Å². The van der Waals surface area contributed by atoms with Crippen molar-refractivity contribution in [3.8, 4) is 5.75 Å². The maximum Gasteiger partial charge on any atom is 0.165 e. The first-order valence-electron chi connectivity index (χ1n) is 7.26. The van der Waals surface area contributed by atoms with E-state index in [2.05, 4.69) is 13.0 Å². The van der Waals surface area contributed by atoms with Gasteiger partial charge < -0.3 is 4.74 Å². The van der Waals surface area contributed by atoms with Gasteiger partial charge in [-0.2, -0.15) is 0 Å². The standard InChI is InChI=1S/C17H23FO/c1-3-14-5-4-6-15(9-8-14)12-19-17-11-13(2)7-10-16(17)18/h5,7,10-11,15H,3-4,6,8-9,12H2,1-2H3. The maximum atomic E-state index is 13.6. The normalized spacial score (nSPS) is 19.7.